The third kappa shape index (κ3) is 11.1. The topological polar surface area (TPSA) is 171 Å². The van der Waals surface area contributed by atoms with Crippen LogP contribution in [-0.4, -0.2) is 71.4 Å². The number of nitrogens with zero attached hydrogens (tertiary/aromatic N) is 1. The van der Waals surface area contributed by atoms with Crippen LogP contribution < -0.4 is 11.1 Å². The van der Waals surface area contributed by atoms with Crippen LogP contribution in [0.1, 0.15) is 57.0 Å². The SMILES string of the molecule is CC(C)OC(=O)CC(NC(=O)[C@H](C)N(C(=O)OCc1ccccc1)C(=O)[C@@H](N)C(C)C)C(=O)COC(=O)c1c(Cl)cccc1Cl. The highest BCUT2D eigenvalue weighted by Gasteiger charge is 2.38. The maximum absolute atomic E-state index is 13.4. The van der Waals surface area contributed by atoms with E-state index in [0.717, 1.165) is 0 Å². The Morgan fingerprint density at radius 1 is 0.867 bits per heavy atom. The van der Waals surface area contributed by atoms with Crippen LogP contribution in [0, 0.1) is 5.92 Å². The number of carbonyl (C=O) groups excluding carboxylic acids is 6. The number of ketones is 1. The number of amides is 3. The molecule has 2 aromatic carbocycles. The van der Waals surface area contributed by atoms with Gasteiger partial charge in [0.2, 0.25) is 11.8 Å². The van der Waals surface area contributed by atoms with Crippen LogP contribution in [0.5, 0.6) is 0 Å². The van der Waals surface area contributed by atoms with E-state index in [1.54, 1.807) is 58.0 Å². The van der Waals surface area contributed by atoms with E-state index in [-0.39, 0.29) is 22.2 Å². The van der Waals surface area contributed by atoms with Gasteiger partial charge in [-0.25, -0.2) is 14.5 Å². The molecule has 0 aliphatic carbocycles. The number of nitrogens with two attached hydrogens (primary N) is 1. The van der Waals surface area contributed by atoms with Crippen molar-refractivity contribution >= 4 is 58.8 Å². The third-order valence-electron chi connectivity index (χ3n) is 6.36. The molecule has 3 N–H and O–H groups in total. The highest BCUT2D eigenvalue weighted by atomic mass is 35.5. The van der Waals surface area contributed by atoms with E-state index in [2.05, 4.69) is 5.32 Å². The Labute approximate surface area is 271 Å². The first-order valence-electron chi connectivity index (χ1n) is 14.1. The lowest BCUT2D eigenvalue weighted by atomic mass is 10.0. The number of esters is 2. The molecule has 0 spiro atoms. The van der Waals surface area contributed by atoms with Crippen LogP contribution in [0.4, 0.5) is 4.79 Å². The van der Waals surface area contributed by atoms with Crippen LogP contribution >= 0.6 is 23.2 Å². The number of benzene rings is 2. The fraction of sp³-hybridized carbons (Fsp3) is 0.419. The molecule has 2 rings (SSSR count). The van der Waals surface area contributed by atoms with Gasteiger partial charge in [0.15, 0.2) is 12.4 Å². The van der Waals surface area contributed by atoms with E-state index in [1.165, 1.54) is 25.1 Å². The minimum absolute atomic E-state index is 0.0114. The standard InChI is InChI=1S/C31H37Cl2N3O9/c1-17(2)27(34)29(40)36(31(42)44-15-20-10-7-6-8-11-20)19(5)28(39)35-23(14-25(38)45-18(3)4)24(37)16-43-30(41)26-21(32)12-9-13-22(26)33/h6-13,17-19,23,27H,14-16,34H2,1-5H3,(H,35,39)/t19-,23?,27-/m0/s1. The zero-order valence-electron chi connectivity index (χ0n) is 25.6. The van der Waals surface area contributed by atoms with E-state index in [0.29, 0.717) is 10.5 Å². The van der Waals surface area contributed by atoms with Crippen molar-refractivity contribution < 1.29 is 43.0 Å². The normalized spacial score (nSPS) is 12.9. The van der Waals surface area contributed by atoms with E-state index >= 15 is 0 Å². The van der Waals surface area contributed by atoms with Gasteiger partial charge in [-0.1, -0.05) is 73.4 Å². The molecule has 45 heavy (non-hydrogen) atoms. The van der Waals surface area contributed by atoms with Crippen molar-refractivity contribution in [2.24, 2.45) is 11.7 Å². The smallest absolute Gasteiger partial charge is 0.417 e. The number of nitrogens with one attached hydrogen (secondary N) is 1. The van der Waals surface area contributed by atoms with Gasteiger partial charge >= 0.3 is 18.0 Å². The van der Waals surface area contributed by atoms with Crippen LogP contribution in [0.3, 0.4) is 0 Å². The second-order valence-electron chi connectivity index (χ2n) is 10.6. The molecule has 0 saturated carbocycles. The number of hydrogen-bond acceptors (Lipinski definition) is 10. The molecule has 0 bridgehead atoms. The van der Waals surface area contributed by atoms with E-state index in [9.17, 15) is 28.8 Å². The largest absolute Gasteiger partial charge is 0.463 e. The van der Waals surface area contributed by atoms with E-state index < -0.39 is 78.8 Å². The number of Topliss-reactive ketones (excluding diaryl/α,β-unsaturated/α-hetero) is 1. The number of carbonyl (C=O) groups is 6. The number of hydrogen-bond donors (Lipinski definition) is 2. The molecule has 0 heterocycles. The Morgan fingerprint density at radius 3 is 2.02 bits per heavy atom. The predicted molar refractivity (Wildman–Crippen MR) is 165 cm³/mol. The van der Waals surface area contributed by atoms with Crippen molar-refractivity contribution in [1.82, 2.24) is 10.2 Å². The lowest BCUT2D eigenvalue weighted by molar-refractivity contribution is -0.150. The molecule has 0 aliphatic rings. The first-order valence-corrected chi connectivity index (χ1v) is 14.8. The van der Waals surface area contributed by atoms with Crippen molar-refractivity contribution in [2.45, 2.75) is 71.9 Å². The fourth-order valence-corrected chi connectivity index (χ4v) is 4.36. The molecule has 12 nitrogen and oxygen atoms in total. The average molecular weight is 667 g/mol. The highest BCUT2D eigenvalue weighted by molar-refractivity contribution is 6.39. The van der Waals surface area contributed by atoms with E-state index in [4.69, 9.17) is 43.1 Å². The molecule has 244 valence electrons. The van der Waals surface area contributed by atoms with Gasteiger partial charge in [0.05, 0.1) is 34.2 Å². The lowest BCUT2D eigenvalue weighted by Gasteiger charge is -2.30. The third-order valence-corrected chi connectivity index (χ3v) is 6.99. The van der Waals surface area contributed by atoms with Gasteiger partial charge in [-0.15, -0.1) is 0 Å². The molecule has 0 aliphatic heterocycles. The summed E-state index contributed by atoms with van der Waals surface area (Å²) in [5, 5.41) is 2.34. The van der Waals surface area contributed by atoms with Crippen molar-refractivity contribution in [3.63, 3.8) is 0 Å². The Hall–Kier alpha value is -4.00. The van der Waals surface area contributed by atoms with E-state index in [1.807, 2.05) is 0 Å². The quantitative estimate of drug-likeness (QED) is 0.221. The summed E-state index contributed by atoms with van der Waals surface area (Å²) in [6.45, 7) is 6.66. The van der Waals surface area contributed by atoms with Gasteiger partial charge in [0.25, 0.3) is 0 Å². The maximum atomic E-state index is 13.4. The number of rotatable bonds is 14. The molecule has 0 radical (unpaired) electrons. The number of halogens is 2. The van der Waals surface area contributed by atoms with Crippen LogP contribution in [-0.2, 0) is 40.0 Å². The Kier molecular flexibility index (Phi) is 14.4. The maximum Gasteiger partial charge on any atom is 0.417 e. The van der Waals surface area contributed by atoms with Crippen LogP contribution in [0.2, 0.25) is 10.0 Å². The molecule has 3 amide bonds. The predicted octanol–water partition coefficient (Wildman–Crippen LogP) is 4.08. The summed E-state index contributed by atoms with van der Waals surface area (Å²) < 4.78 is 15.5. The van der Waals surface area contributed by atoms with Crippen molar-refractivity contribution in [2.75, 3.05) is 6.61 Å². The monoisotopic (exact) mass is 665 g/mol. The number of ether oxygens (including phenoxy) is 3. The minimum Gasteiger partial charge on any atom is -0.463 e. The average Bonchev–Trinajstić information content (AvgIpc) is 2.97. The second-order valence-corrected chi connectivity index (χ2v) is 11.5. The molecule has 0 fully saturated rings. The summed E-state index contributed by atoms with van der Waals surface area (Å²) in [4.78, 5) is 78.7. The first kappa shape index (κ1) is 37.2. The molecule has 2 aromatic rings. The van der Waals surface area contributed by atoms with Gasteiger partial charge in [-0.05, 0) is 44.4 Å². The summed E-state index contributed by atoms with van der Waals surface area (Å²) in [5.41, 5.74) is 6.49. The Bertz CT molecular complexity index is 1370. The first-order chi connectivity index (χ1) is 21.1. The lowest BCUT2D eigenvalue weighted by Crippen LogP contribution is -2.58. The van der Waals surface area contributed by atoms with Crippen LogP contribution in [0.25, 0.3) is 0 Å². The second kappa shape index (κ2) is 17.5. The van der Waals surface area contributed by atoms with Crippen LogP contribution in [0.15, 0.2) is 48.5 Å². The van der Waals surface area contributed by atoms with Gasteiger partial charge in [0.1, 0.15) is 18.7 Å². The molecular formula is C31H37Cl2N3O9. The zero-order chi connectivity index (χ0) is 33.8. The van der Waals surface area contributed by atoms with Gasteiger partial charge < -0.3 is 25.3 Å². The van der Waals surface area contributed by atoms with Crippen molar-refractivity contribution in [1.29, 1.82) is 0 Å². The highest BCUT2D eigenvalue weighted by Crippen LogP contribution is 2.25. The summed E-state index contributed by atoms with van der Waals surface area (Å²) >= 11 is 12.1. The van der Waals surface area contributed by atoms with Gasteiger partial charge in [-0.2, -0.15) is 0 Å². The zero-order valence-corrected chi connectivity index (χ0v) is 27.1. The fourth-order valence-electron chi connectivity index (χ4n) is 3.81. The van der Waals surface area contributed by atoms with Gasteiger partial charge in [-0.3, -0.25) is 19.2 Å². The summed E-state index contributed by atoms with van der Waals surface area (Å²) in [6.07, 6.45) is -2.32. The number of imide groups is 1. The Morgan fingerprint density at radius 2 is 1.47 bits per heavy atom. The van der Waals surface area contributed by atoms with Crippen molar-refractivity contribution in [3.05, 3.63) is 69.7 Å². The summed E-state index contributed by atoms with van der Waals surface area (Å²) in [7, 11) is 0. The summed E-state index contributed by atoms with van der Waals surface area (Å²) in [5.74, 6) is -5.03. The molecule has 3 atom stereocenters. The summed E-state index contributed by atoms with van der Waals surface area (Å²) in [6, 6.07) is 8.70. The molecule has 0 aromatic heterocycles. The van der Waals surface area contributed by atoms with Crippen molar-refractivity contribution in [3.8, 4) is 0 Å². The molecule has 14 heteroatoms. The Balaban J connectivity index is 2.28. The minimum atomic E-state index is -1.57. The molecule has 1 unspecified atom stereocenters. The molecular weight excluding hydrogens is 629 g/mol. The molecule has 0 saturated heterocycles. The van der Waals surface area contributed by atoms with Gasteiger partial charge in [0, 0.05) is 0 Å².